The van der Waals surface area contributed by atoms with E-state index in [2.05, 4.69) is 22.0 Å². The molecule has 0 saturated carbocycles. The Morgan fingerprint density at radius 3 is 2.81 bits per heavy atom. The summed E-state index contributed by atoms with van der Waals surface area (Å²) in [6.45, 7) is -0.00500. The Kier molecular flexibility index (Phi) is 4.32. The maximum absolute atomic E-state index is 12.2. The fourth-order valence-corrected chi connectivity index (χ4v) is 3.07. The lowest BCUT2D eigenvalue weighted by Crippen LogP contribution is -2.12. The van der Waals surface area contributed by atoms with Gasteiger partial charge in [-0.1, -0.05) is 39.7 Å². The van der Waals surface area contributed by atoms with Crippen LogP contribution in [0.3, 0.4) is 0 Å². The number of carbonyl (C=O) groups excluding carboxylic acids is 1. The van der Waals surface area contributed by atoms with Gasteiger partial charge < -0.3 is 4.74 Å². The fourth-order valence-electron chi connectivity index (χ4n) is 2.56. The maximum Gasteiger partial charge on any atom is 0.200 e. The van der Waals surface area contributed by atoms with E-state index in [4.69, 9.17) is 16.3 Å². The van der Waals surface area contributed by atoms with Crippen LogP contribution in [0.5, 0.6) is 5.75 Å². The van der Waals surface area contributed by atoms with E-state index >= 15 is 0 Å². The van der Waals surface area contributed by atoms with Crippen molar-refractivity contribution in [1.29, 1.82) is 0 Å². The minimum absolute atomic E-state index is 0.00500. The van der Waals surface area contributed by atoms with Gasteiger partial charge in [0.1, 0.15) is 5.75 Å². The third-order valence-corrected chi connectivity index (χ3v) is 4.48. The van der Waals surface area contributed by atoms with Gasteiger partial charge in [-0.05, 0) is 54.7 Å². The Balaban J connectivity index is 1.70. The molecule has 0 amide bonds. The molecular weight excluding hydrogens is 352 g/mol. The first kappa shape index (κ1) is 14.6. The normalized spacial score (nSPS) is 13.0. The number of fused-ring (bicyclic) bond motifs is 1. The predicted molar refractivity (Wildman–Crippen MR) is 87.4 cm³/mol. The van der Waals surface area contributed by atoms with Crippen LogP contribution in [0.2, 0.25) is 5.02 Å². The zero-order chi connectivity index (χ0) is 14.8. The zero-order valence-corrected chi connectivity index (χ0v) is 13.7. The molecule has 0 bridgehead atoms. The monoisotopic (exact) mass is 364 g/mol. The molecule has 0 radical (unpaired) electrons. The number of ketones is 1. The number of aryl methyl sites for hydroxylation is 2. The topological polar surface area (TPSA) is 26.3 Å². The molecule has 3 rings (SSSR count). The molecule has 0 aromatic heterocycles. The van der Waals surface area contributed by atoms with Gasteiger partial charge in [-0.15, -0.1) is 0 Å². The highest BCUT2D eigenvalue weighted by atomic mass is 79.9. The highest BCUT2D eigenvalue weighted by molar-refractivity contribution is 9.10. The zero-order valence-electron chi connectivity index (χ0n) is 11.4. The Morgan fingerprint density at radius 1 is 1.14 bits per heavy atom. The number of ether oxygens (including phenoxy) is 1. The molecule has 0 saturated heterocycles. The first-order chi connectivity index (χ1) is 10.1. The summed E-state index contributed by atoms with van der Waals surface area (Å²) in [6, 6.07) is 11.3. The van der Waals surface area contributed by atoms with Crippen LogP contribution >= 0.6 is 27.5 Å². The van der Waals surface area contributed by atoms with Crippen molar-refractivity contribution >= 4 is 33.3 Å². The van der Waals surface area contributed by atoms with Gasteiger partial charge in [-0.3, -0.25) is 4.79 Å². The number of hydrogen-bond acceptors (Lipinski definition) is 2. The number of hydrogen-bond donors (Lipinski definition) is 0. The van der Waals surface area contributed by atoms with Crippen molar-refractivity contribution in [3.05, 3.63) is 62.6 Å². The van der Waals surface area contributed by atoms with Crippen molar-refractivity contribution in [3.63, 3.8) is 0 Å². The lowest BCUT2D eigenvalue weighted by Gasteiger charge is -2.09. The first-order valence-corrected chi connectivity index (χ1v) is 8.03. The summed E-state index contributed by atoms with van der Waals surface area (Å²) in [7, 11) is 0. The summed E-state index contributed by atoms with van der Waals surface area (Å²) in [5.74, 6) is 0.487. The van der Waals surface area contributed by atoms with Crippen molar-refractivity contribution in [2.75, 3.05) is 6.61 Å². The van der Waals surface area contributed by atoms with E-state index < -0.39 is 0 Å². The Hall–Kier alpha value is -1.32. The van der Waals surface area contributed by atoms with Crippen LogP contribution < -0.4 is 4.74 Å². The maximum atomic E-state index is 12.2. The van der Waals surface area contributed by atoms with Gasteiger partial charge >= 0.3 is 0 Å². The van der Waals surface area contributed by atoms with Crippen LogP contribution in [-0.2, 0) is 12.8 Å². The molecule has 0 N–H and O–H groups in total. The van der Waals surface area contributed by atoms with Crippen LogP contribution in [0, 0.1) is 0 Å². The summed E-state index contributed by atoms with van der Waals surface area (Å²) >= 11 is 9.40. The lowest BCUT2D eigenvalue weighted by molar-refractivity contribution is 0.0921. The van der Waals surface area contributed by atoms with Crippen molar-refractivity contribution < 1.29 is 9.53 Å². The van der Waals surface area contributed by atoms with Crippen LogP contribution in [0.15, 0.2) is 40.9 Å². The van der Waals surface area contributed by atoms with E-state index in [-0.39, 0.29) is 12.4 Å². The fraction of sp³-hybridized carbons (Fsp3) is 0.235. The van der Waals surface area contributed by atoms with Gasteiger partial charge in [0.15, 0.2) is 12.4 Å². The number of halogens is 2. The number of rotatable bonds is 4. The molecule has 21 heavy (non-hydrogen) atoms. The van der Waals surface area contributed by atoms with Gasteiger partial charge in [0.05, 0.1) is 5.02 Å². The van der Waals surface area contributed by atoms with E-state index in [0.29, 0.717) is 16.3 Å². The smallest absolute Gasteiger partial charge is 0.200 e. The highest BCUT2D eigenvalue weighted by Gasteiger charge is 2.14. The molecule has 0 atom stereocenters. The second-order valence-corrected chi connectivity index (χ2v) is 6.45. The van der Waals surface area contributed by atoms with Crippen molar-refractivity contribution in [2.45, 2.75) is 19.3 Å². The van der Waals surface area contributed by atoms with Crippen molar-refractivity contribution in [2.24, 2.45) is 0 Å². The summed E-state index contributed by atoms with van der Waals surface area (Å²) in [4.78, 5) is 12.2. The molecule has 4 heteroatoms. The van der Waals surface area contributed by atoms with E-state index in [1.807, 2.05) is 18.2 Å². The molecule has 1 aliphatic carbocycles. The Labute approximate surface area is 137 Å². The number of benzene rings is 2. The standard InChI is InChI=1S/C17H14BrClO2/c18-14-6-7-15(19)17(9-14)21-10-16(20)13-5-4-11-2-1-3-12(11)8-13/h4-9H,1-3,10H2. The van der Waals surface area contributed by atoms with Gasteiger partial charge in [-0.25, -0.2) is 0 Å². The minimum Gasteiger partial charge on any atom is -0.484 e. The van der Waals surface area contributed by atoms with Crippen LogP contribution in [0.25, 0.3) is 0 Å². The van der Waals surface area contributed by atoms with Gasteiger partial charge in [-0.2, -0.15) is 0 Å². The van der Waals surface area contributed by atoms with E-state index in [1.165, 1.54) is 17.5 Å². The van der Waals surface area contributed by atoms with E-state index in [9.17, 15) is 4.79 Å². The number of Topliss-reactive ketones (excluding diaryl/α,β-unsaturated/α-hetero) is 1. The molecule has 0 unspecified atom stereocenters. The molecule has 0 aliphatic heterocycles. The summed E-state index contributed by atoms with van der Waals surface area (Å²) in [5, 5.41) is 0.500. The molecule has 2 aromatic carbocycles. The average molecular weight is 366 g/mol. The Morgan fingerprint density at radius 2 is 1.95 bits per heavy atom. The SMILES string of the molecule is O=C(COc1cc(Br)ccc1Cl)c1ccc2c(c1)CCC2. The molecule has 0 heterocycles. The van der Waals surface area contributed by atoms with E-state index in [1.54, 1.807) is 12.1 Å². The molecular formula is C17H14BrClO2. The summed E-state index contributed by atoms with van der Waals surface area (Å²) in [5.41, 5.74) is 3.37. The molecule has 2 aromatic rings. The quantitative estimate of drug-likeness (QED) is 0.724. The Bertz CT molecular complexity index is 697. The largest absolute Gasteiger partial charge is 0.484 e. The van der Waals surface area contributed by atoms with Crippen LogP contribution in [-0.4, -0.2) is 12.4 Å². The molecule has 0 spiro atoms. The number of carbonyl (C=O) groups is 1. The van der Waals surface area contributed by atoms with Crippen molar-refractivity contribution in [3.8, 4) is 5.75 Å². The first-order valence-electron chi connectivity index (χ1n) is 6.86. The van der Waals surface area contributed by atoms with Crippen molar-refractivity contribution in [1.82, 2.24) is 0 Å². The highest BCUT2D eigenvalue weighted by Crippen LogP contribution is 2.28. The van der Waals surface area contributed by atoms with Crippen LogP contribution in [0.4, 0.5) is 0 Å². The third-order valence-electron chi connectivity index (χ3n) is 3.67. The van der Waals surface area contributed by atoms with Gasteiger partial charge in [0.25, 0.3) is 0 Å². The molecule has 2 nitrogen and oxygen atoms in total. The molecule has 108 valence electrons. The summed E-state index contributed by atoms with van der Waals surface area (Å²) < 4.78 is 6.41. The van der Waals surface area contributed by atoms with E-state index in [0.717, 1.165) is 17.3 Å². The summed E-state index contributed by atoms with van der Waals surface area (Å²) in [6.07, 6.45) is 3.36. The average Bonchev–Trinajstić information content (AvgIpc) is 2.95. The predicted octanol–water partition coefficient (Wildman–Crippen LogP) is 4.85. The molecule has 1 aliphatic rings. The second kappa shape index (κ2) is 6.20. The van der Waals surface area contributed by atoms with Gasteiger partial charge in [0, 0.05) is 10.0 Å². The van der Waals surface area contributed by atoms with Gasteiger partial charge in [0.2, 0.25) is 0 Å². The molecule has 0 fully saturated rings. The second-order valence-electron chi connectivity index (χ2n) is 5.12. The van der Waals surface area contributed by atoms with Crippen LogP contribution in [0.1, 0.15) is 27.9 Å². The third kappa shape index (κ3) is 3.30. The minimum atomic E-state index is -0.0271. The lowest BCUT2D eigenvalue weighted by atomic mass is 10.0.